The summed E-state index contributed by atoms with van der Waals surface area (Å²) in [5.74, 6) is 0. The Kier molecular flexibility index (Phi) is 6.16. The van der Waals surface area contributed by atoms with Crippen molar-refractivity contribution in [3.63, 3.8) is 0 Å². The molecule has 1 unspecified atom stereocenters. The van der Waals surface area contributed by atoms with Gasteiger partial charge in [0.2, 0.25) is 0 Å². The molecule has 1 amide bonds. The number of benzene rings is 2. The molecule has 0 saturated carbocycles. The zero-order valence-corrected chi connectivity index (χ0v) is 17.6. The van der Waals surface area contributed by atoms with E-state index in [-0.39, 0.29) is 12.2 Å². The summed E-state index contributed by atoms with van der Waals surface area (Å²) in [5.41, 5.74) is 2.66. The minimum absolute atomic E-state index is 0.156. The van der Waals surface area contributed by atoms with E-state index in [0.717, 1.165) is 22.0 Å². The molecule has 0 radical (unpaired) electrons. The second-order valence-electron chi connectivity index (χ2n) is 7.91. The second-order valence-corrected chi connectivity index (χ2v) is 8.35. The van der Waals surface area contributed by atoms with Gasteiger partial charge in [-0.05, 0) is 62.7 Å². The molecule has 1 heterocycles. The van der Waals surface area contributed by atoms with Crippen molar-refractivity contribution in [2.45, 2.75) is 32.5 Å². The topological polar surface area (TPSA) is 42.0 Å². The van der Waals surface area contributed by atoms with Gasteiger partial charge in [0.1, 0.15) is 11.7 Å². The summed E-state index contributed by atoms with van der Waals surface area (Å²) in [6, 6.07) is 15.9. The van der Waals surface area contributed by atoms with Gasteiger partial charge < -0.3 is 19.3 Å². The predicted molar refractivity (Wildman–Crippen MR) is 112 cm³/mol. The highest BCUT2D eigenvalue weighted by Crippen LogP contribution is 2.28. The lowest BCUT2D eigenvalue weighted by molar-refractivity contribution is -0.0432. The SMILES string of the molecule is CN(c1ccc(Cl)cc1)c1ccc(C2CN(C(=O)OC(C)(C)C)CCO2)cc1. The Balaban J connectivity index is 1.67. The van der Waals surface area contributed by atoms with Crippen LogP contribution in [0.1, 0.15) is 32.4 Å². The molecule has 0 spiro atoms. The number of rotatable bonds is 3. The van der Waals surface area contributed by atoms with Gasteiger partial charge in [-0.3, -0.25) is 0 Å². The lowest BCUT2D eigenvalue weighted by Gasteiger charge is -2.34. The maximum atomic E-state index is 12.3. The van der Waals surface area contributed by atoms with Crippen LogP contribution in [0.5, 0.6) is 0 Å². The van der Waals surface area contributed by atoms with Crippen LogP contribution in [-0.2, 0) is 9.47 Å². The number of morpholine rings is 1. The summed E-state index contributed by atoms with van der Waals surface area (Å²) < 4.78 is 11.4. The molecule has 6 heteroatoms. The maximum Gasteiger partial charge on any atom is 0.410 e. The van der Waals surface area contributed by atoms with Crippen molar-refractivity contribution in [2.24, 2.45) is 0 Å². The van der Waals surface area contributed by atoms with E-state index in [0.29, 0.717) is 19.7 Å². The van der Waals surface area contributed by atoms with Crippen LogP contribution < -0.4 is 4.90 Å². The fourth-order valence-electron chi connectivity index (χ4n) is 3.07. The smallest absolute Gasteiger partial charge is 0.410 e. The van der Waals surface area contributed by atoms with E-state index in [1.165, 1.54) is 0 Å². The highest BCUT2D eigenvalue weighted by atomic mass is 35.5. The van der Waals surface area contributed by atoms with Gasteiger partial charge >= 0.3 is 6.09 Å². The van der Waals surface area contributed by atoms with E-state index in [2.05, 4.69) is 17.0 Å². The number of carbonyl (C=O) groups excluding carboxylic acids is 1. The lowest BCUT2D eigenvalue weighted by Crippen LogP contribution is -2.44. The molecule has 2 aromatic rings. The molecule has 1 atom stereocenters. The quantitative estimate of drug-likeness (QED) is 0.687. The van der Waals surface area contributed by atoms with Gasteiger partial charge in [-0.25, -0.2) is 4.79 Å². The van der Waals surface area contributed by atoms with Gasteiger partial charge in [-0.15, -0.1) is 0 Å². The Morgan fingerprint density at radius 3 is 2.25 bits per heavy atom. The Morgan fingerprint density at radius 2 is 1.68 bits per heavy atom. The van der Waals surface area contributed by atoms with Gasteiger partial charge in [0.15, 0.2) is 0 Å². The van der Waals surface area contributed by atoms with Crippen molar-refractivity contribution in [1.29, 1.82) is 0 Å². The first kappa shape index (κ1) is 20.5. The molecule has 28 heavy (non-hydrogen) atoms. The second kappa shape index (κ2) is 8.41. The Labute approximate surface area is 171 Å². The molecule has 1 fully saturated rings. The highest BCUT2D eigenvalue weighted by Gasteiger charge is 2.28. The van der Waals surface area contributed by atoms with Crippen molar-refractivity contribution in [3.05, 3.63) is 59.1 Å². The van der Waals surface area contributed by atoms with E-state index in [1.54, 1.807) is 4.90 Å². The van der Waals surface area contributed by atoms with Crippen molar-refractivity contribution in [1.82, 2.24) is 4.90 Å². The third kappa shape index (κ3) is 5.18. The zero-order chi connectivity index (χ0) is 20.3. The van der Waals surface area contributed by atoms with Crippen LogP contribution in [0.15, 0.2) is 48.5 Å². The molecule has 1 aliphatic heterocycles. The highest BCUT2D eigenvalue weighted by molar-refractivity contribution is 6.30. The Bertz CT molecular complexity index is 800. The number of anilines is 2. The number of carbonyl (C=O) groups is 1. The average molecular weight is 403 g/mol. The normalized spacial score (nSPS) is 17.3. The van der Waals surface area contributed by atoms with Crippen LogP contribution in [0.2, 0.25) is 5.02 Å². The Hall–Kier alpha value is -2.24. The van der Waals surface area contributed by atoms with Gasteiger partial charge in [-0.1, -0.05) is 23.7 Å². The fourth-order valence-corrected chi connectivity index (χ4v) is 3.20. The number of hydrogen-bond donors (Lipinski definition) is 0. The molecule has 1 saturated heterocycles. The standard InChI is InChI=1S/C22H27ClN2O3/c1-22(2,3)28-21(26)25-13-14-27-20(15-25)16-5-9-18(10-6-16)24(4)19-11-7-17(23)8-12-19/h5-12,20H,13-15H2,1-4H3. The first-order chi connectivity index (χ1) is 13.2. The summed E-state index contributed by atoms with van der Waals surface area (Å²) in [7, 11) is 2.01. The molecule has 0 aromatic heterocycles. The van der Waals surface area contributed by atoms with Crippen molar-refractivity contribution < 1.29 is 14.3 Å². The fraction of sp³-hybridized carbons (Fsp3) is 0.409. The molecule has 0 aliphatic carbocycles. The van der Waals surface area contributed by atoms with E-state index in [9.17, 15) is 4.79 Å². The number of amides is 1. The van der Waals surface area contributed by atoms with Crippen molar-refractivity contribution in [3.8, 4) is 0 Å². The van der Waals surface area contributed by atoms with E-state index >= 15 is 0 Å². The Morgan fingerprint density at radius 1 is 1.11 bits per heavy atom. The summed E-state index contributed by atoms with van der Waals surface area (Å²) in [5, 5.41) is 0.719. The minimum atomic E-state index is -0.501. The third-order valence-corrected chi connectivity index (χ3v) is 4.84. The minimum Gasteiger partial charge on any atom is -0.444 e. The van der Waals surface area contributed by atoms with Gasteiger partial charge in [-0.2, -0.15) is 0 Å². The van der Waals surface area contributed by atoms with Crippen LogP contribution in [0.4, 0.5) is 16.2 Å². The van der Waals surface area contributed by atoms with Crippen LogP contribution in [0.25, 0.3) is 0 Å². The monoisotopic (exact) mass is 402 g/mol. The first-order valence-corrected chi connectivity index (χ1v) is 9.79. The molecule has 0 N–H and O–H groups in total. The molecule has 150 valence electrons. The van der Waals surface area contributed by atoms with Crippen LogP contribution in [0.3, 0.4) is 0 Å². The largest absolute Gasteiger partial charge is 0.444 e. The molecule has 0 bridgehead atoms. The predicted octanol–water partition coefficient (Wildman–Crippen LogP) is 5.42. The molecule has 2 aromatic carbocycles. The molecule has 5 nitrogen and oxygen atoms in total. The average Bonchev–Trinajstić information content (AvgIpc) is 2.67. The molecule has 1 aliphatic rings. The van der Waals surface area contributed by atoms with E-state index < -0.39 is 5.60 Å². The van der Waals surface area contributed by atoms with Crippen LogP contribution >= 0.6 is 11.6 Å². The summed E-state index contributed by atoms with van der Waals surface area (Å²) in [6.07, 6.45) is -0.448. The summed E-state index contributed by atoms with van der Waals surface area (Å²) in [4.78, 5) is 16.2. The molecular formula is C22H27ClN2O3. The zero-order valence-electron chi connectivity index (χ0n) is 16.8. The van der Waals surface area contributed by atoms with Gasteiger partial charge in [0, 0.05) is 30.0 Å². The van der Waals surface area contributed by atoms with Gasteiger partial charge in [0.05, 0.1) is 13.2 Å². The first-order valence-electron chi connectivity index (χ1n) is 9.42. The third-order valence-electron chi connectivity index (χ3n) is 4.58. The van der Waals surface area contributed by atoms with Crippen LogP contribution in [-0.4, -0.2) is 43.3 Å². The van der Waals surface area contributed by atoms with E-state index in [1.807, 2.05) is 64.2 Å². The van der Waals surface area contributed by atoms with Crippen molar-refractivity contribution in [2.75, 3.05) is 31.6 Å². The van der Waals surface area contributed by atoms with Gasteiger partial charge in [0.25, 0.3) is 0 Å². The number of ether oxygens (including phenoxy) is 2. The number of halogens is 1. The van der Waals surface area contributed by atoms with Crippen molar-refractivity contribution >= 4 is 29.1 Å². The lowest BCUT2D eigenvalue weighted by atomic mass is 10.1. The number of nitrogens with zero attached hydrogens (tertiary/aromatic N) is 2. The van der Waals surface area contributed by atoms with Crippen LogP contribution in [0, 0.1) is 0 Å². The summed E-state index contributed by atoms with van der Waals surface area (Å²) >= 11 is 5.97. The summed E-state index contributed by atoms with van der Waals surface area (Å²) in [6.45, 7) is 7.15. The van der Waals surface area contributed by atoms with E-state index in [4.69, 9.17) is 21.1 Å². The molecular weight excluding hydrogens is 376 g/mol. The molecule has 3 rings (SSSR count). The maximum absolute atomic E-state index is 12.3. The number of hydrogen-bond acceptors (Lipinski definition) is 4.